The van der Waals surface area contributed by atoms with E-state index in [1.807, 2.05) is 6.92 Å². The maximum absolute atomic E-state index is 12.1. The molecule has 0 saturated carbocycles. The van der Waals surface area contributed by atoms with Crippen molar-refractivity contribution in [3.8, 4) is 0 Å². The number of hydrogen-bond donors (Lipinski definition) is 1. The summed E-state index contributed by atoms with van der Waals surface area (Å²) in [7, 11) is -3.29. The monoisotopic (exact) mass is 311 g/mol. The minimum Gasteiger partial charge on any atom is -0.378 e. The molecule has 1 aromatic carbocycles. The third kappa shape index (κ3) is 4.82. The van der Waals surface area contributed by atoms with Crippen LogP contribution in [0.3, 0.4) is 0 Å². The molecule has 5 nitrogen and oxygen atoms in total. The van der Waals surface area contributed by atoms with Gasteiger partial charge in [-0.25, -0.2) is 8.42 Å². The van der Waals surface area contributed by atoms with Gasteiger partial charge in [-0.3, -0.25) is 9.52 Å². The van der Waals surface area contributed by atoms with Gasteiger partial charge in [0, 0.05) is 24.3 Å². The van der Waals surface area contributed by atoms with Crippen molar-refractivity contribution in [2.75, 3.05) is 17.1 Å². The van der Waals surface area contributed by atoms with Crippen LogP contribution in [0.1, 0.15) is 43.0 Å². The molecule has 1 unspecified atom stereocenters. The zero-order valence-electron chi connectivity index (χ0n) is 12.2. The van der Waals surface area contributed by atoms with Crippen LogP contribution in [0.25, 0.3) is 0 Å². The van der Waals surface area contributed by atoms with Crippen LogP contribution in [0.15, 0.2) is 24.3 Å². The highest BCUT2D eigenvalue weighted by Crippen LogP contribution is 2.19. The number of anilines is 1. The van der Waals surface area contributed by atoms with Crippen LogP contribution in [0, 0.1) is 0 Å². The van der Waals surface area contributed by atoms with Crippen LogP contribution < -0.4 is 4.72 Å². The molecule has 6 heteroatoms. The van der Waals surface area contributed by atoms with Crippen LogP contribution in [-0.4, -0.2) is 32.7 Å². The fourth-order valence-corrected chi connectivity index (χ4v) is 3.49. The molecular formula is C15H21NO4S. The smallest absolute Gasteiger partial charge is 0.232 e. The molecule has 1 atom stereocenters. The number of ether oxygens (including phenoxy) is 1. The topological polar surface area (TPSA) is 72.5 Å². The molecule has 1 N–H and O–H groups in total. The summed E-state index contributed by atoms with van der Waals surface area (Å²) in [6, 6.07) is 6.55. The van der Waals surface area contributed by atoms with Gasteiger partial charge in [0.15, 0.2) is 5.78 Å². The molecule has 0 aliphatic carbocycles. The van der Waals surface area contributed by atoms with Crippen molar-refractivity contribution in [3.05, 3.63) is 29.8 Å². The molecule has 0 spiro atoms. The van der Waals surface area contributed by atoms with E-state index in [0.717, 1.165) is 19.4 Å². The summed E-state index contributed by atoms with van der Waals surface area (Å²) in [5.74, 6) is 0.122. The average Bonchev–Trinajstić information content (AvgIpc) is 2.91. The molecule has 1 aromatic rings. The van der Waals surface area contributed by atoms with Crippen molar-refractivity contribution >= 4 is 21.5 Å². The fraction of sp³-hybridized carbons (Fsp3) is 0.533. The van der Waals surface area contributed by atoms with Gasteiger partial charge in [0.25, 0.3) is 0 Å². The molecule has 116 valence electrons. The molecule has 0 aromatic heterocycles. The zero-order valence-corrected chi connectivity index (χ0v) is 13.0. The van der Waals surface area contributed by atoms with Gasteiger partial charge >= 0.3 is 0 Å². The fourth-order valence-electron chi connectivity index (χ4n) is 2.35. The first kappa shape index (κ1) is 16.0. The number of ketones is 1. The number of carbonyl (C=O) groups is 1. The lowest BCUT2D eigenvalue weighted by molar-refractivity contribution is 0.0775. The van der Waals surface area contributed by atoms with Crippen molar-refractivity contribution < 1.29 is 17.9 Å². The van der Waals surface area contributed by atoms with Crippen molar-refractivity contribution in [2.24, 2.45) is 0 Å². The Morgan fingerprint density at radius 2 is 2.05 bits per heavy atom. The lowest BCUT2D eigenvalue weighted by atomic mass is 10.0. The van der Waals surface area contributed by atoms with E-state index in [1.54, 1.807) is 24.3 Å². The highest BCUT2D eigenvalue weighted by molar-refractivity contribution is 7.92. The molecular weight excluding hydrogens is 290 g/mol. The van der Waals surface area contributed by atoms with Crippen molar-refractivity contribution in [2.45, 2.75) is 38.7 Å². The van der Waals surface area contributed by atoms with Crippen LogP contribution >= 0.6 is 0 Å². The summed E-state index contributed by atoms with van der Waals surface area (Å²) in [5, 5.41) is 0. The van der Waals surface area contributed by atoms with E-state index < -0.39 is 10.0 Å². The minimum atomic E-state index is -3.29. The summed E-state index contributed by atoms with van der Waals surface area (Å²) in [6.07, 6.45) is 2.92. The Morgan fingerprint density at radius 3 is 2.62 bits per heavy atom. The van der Waals surface area contributed by atoms with E-state index in [4.69, 9.17) is 4.74 Å². The highest BCUT2D eigenvalue weighted by atomic mass is 32.2. The molecule has 1 aliphatic rings. The van der Waals surface area contributed by atoms with Gasteiger partial charge in [-0.1, -0.05) is 6.92 Å². The average molecular weight is 311 g/mol. The molecule has 21 heavy (non-hydrogen) atoms. The normalized spacial score (nSPS) is 18.6. The van der Waals surface area contributed by atoms with Gasteiger partial charge in [0.2, 0.25) is 10.0 Å². The maximum Gasteiger partial charge on any atom is 0.232 e. The Kier molecular flexibility index (Phi) is 5.36. The first-order valence-electron chi connectivity index (χ1n) is 7.25. The first-order valence-corrected chi connectivity index (χ1v) is 8.91. The van der Waals surface area contributed by atoms with Gasteiger partial charge in [0.1, 0.15) is 0 Å². The molecule has 0 bridgehead atoms. The van der Waals surface area contributed by atoms with Crippen molar-refractivity contribution in [1.82, 2.24) is 0 Å². The van der Waals surface area contributed by atoms with Gasteiger partial charge in [-0.2, -0.15) is 0 Å². The van der Waals surface area contributed by atoms with Gasteiger partial charge in [0.05, 0.1) is 11.9 Å². The number of carbonyl (C=O) groups excluding carboxylic acids is 1. The van der Waals surface area contributed by atoms with E-state index in [0.29, 0.717) is 24.1 Å². The number of Topliss-reactive ketones (excluding diaryl/α,β-unsaturated/α-hetero) is 1. The predicted octanol–water partition coefficient (Wildman–Crippen LogP) is 2.59. The second kappa shape index (κ2) is 7.04. The third-order valence-corrected chi connectivity index (χ3v) is 4.88. The lowest BCUT2D eigenvalue weighted by Gasteiger charge is -2.09. The molecule has 1 aliphatic heterocycles. The Balaban J connectivity index is 1.96. The van der Waals surface area contributed by atoms with Crippen LogP contribution in [0.5, 0.6) is 0 Å². The van der Waals surface area contributed by atoms with E-state index in [1.165, 1.54) is 0 Å². The van der Waals surface area contributed by atoms with Gasteiger partial charge < -0.3 is 4.74 Å². The summed E-state index contributed by atoms with van der Waals surface area (Å²) < 4.78 is 31.3. The van der Waals surface area contributed by atoms with E-state index in [2.05, 4.69) is 4.72 Å². The standard InChI is InChI=1S/C15H21NO4S/c1-2-10-21(18,19)16-13-7-5-12(6-8-13)15(17)11-14-4-3-9-20-14/h5-8,14,16H,2-4,9-11H2,1H3. The maximum atomic E-state index is 12.1. The second-order valence-electron chi connectivity index (χ2n) is 5.26. The predicted molar refractivity (Wildman–Crippen MR) is 82.1 cm³/mol. The van der Waals surface area contributed by atoms with Crippen LogP contribution in [-0.2, 0) is 14.8 Å². The van der Waals surface area contributed by atoms with E-state index >= 15 is 0 Å². The quantitative estimate of drug-likeness (QED) is 0.786. The molecule has 1 saturated heterocycles. The highest BCUT2D eigenvalue weighted by Gasteiger charge is 2.20. The Morgan fingerprint density at radius 1 is 1.33 bits per heavy atom. The summed E-state index contributed by atoms with van der Waals surface area (Å²) in [5.41, 5.74) is 1.07. The summed E-state index contributed by atoms with van der Waals surface area (Å²) >= 11 is 0. The minimum absolute atomic E-state index is 0.0280. The van der Waals surface area contributed by atoms with Crippen molar-refractivity contribution in [3.63, 3.8) is 0 Å². The number of benzene rings is 1. The Labute approximate surface area is 125 Å². The molecule has 1 heterocycles. The SMILES string of the molecule is CCCS(=O)(=O)Nc1ccc(C(=O)CC2CCCO2)cc1. The summed E-state index contributed by atoms with van der Waals surface area (Å²) in [4.78, 5) is 12.1. The Hall–Kier alpha value is -1.40. The Bertz CT molecular complexity index is 574. The molecule has 2 rings (SSSR count). The number of rotatable bonds is 7. The van der Waals surface area contributed by atoms with Crippen LogP contribution in [0.2, 0.25) is 0 Å². The number of nitrogens with one attached hydrogen (secondary N) is 1. The lowest BCUT2D eigenvalue weighted by Crippen LogP contribution is -2.16. The molecule has 1 fully saturated rings. The van der Waals surface area contributed by atoms with E-state index in [-0.39, 0.29) is 17.6 Å². The van der Waals surface area contributed by atoms with E-state index in [9.17, 15) is 13.2 Å². The third-order valence-electron chi connectivity index (χ3n) is 3.39. The second-order valence-corrected chi connectivity index (χ2v) is 7.10. The van der Waals surface area contributed by atoms with Gasteiger partial charge in [-0.05, 0) is 43.5 Å². The molecule has 0 amide bonds. The van der Waals surface area contributed by atoms with Crippen molar-refractivity contribution in [1.29, 1.82) is 0 Å². The largest absolute Gasteiger partial charge is 0.378 e. The zero-order chi connectivity index (χ0) is 15.3. The molecule has 0 radical (unpaired) electrons. The first-order chi connectivity index (χ1) is 10.00. The number of sulfonamides is 1. The van der Waals surface area contributed by atoms with Crippen LogP contribution in [0.4, 0.5) is 5.69 Å². The summed E-state index contributed by atoms with van der Waals surface area (Å²) in [6.45, 7) is 2.54. The number of hydrogen-bond acceptors (Lipinski definition) is 4. The van der Waals surface area contributed by atoms with Gasteiger partial charge in [-0.15, -0.1) is 0 Å².